The van der Waals surface area contributed by atoms with Gasteiger partial charge in [0.1, 0.15) is 5.75 Å². The number of benzene rings is 1. The number of carboxylic acid groups (broad SMARTS) is 1. The fourth-order valence-electron chi connectivity index (χ4n) is 1.85. The van der Waals surface area contributed by atoms with Crippen molar-refractivity contribution in [2.75, 3.05) is 12.9 Å². The highest BCUT2D eigenvalue weighted by Crippen LogP contribution is 2.29. The molecule has 1 aromatic heterocycles. The largest absolute Gasteiger partial charge is 0.497 e. The van der Waals surface area contributed by atoms with E-state index in [0.717, 1.165) is 27.2 Å². The zero-order chi connectivity index (χ0) is 13.8. The lowest BCUT2D eigenvalue weighted by Crippen LogP contribution is -2.09. The summed E-state index contributed by atoms with van der Waals surface area (Å²) in [4.78, 5) is 15.0. The SMILES string of the molecule is COc1ccc2[nH+]c(C)cc(SCCC(=O)O)c2c1. The predicted octanol–water partition coefficient (Wildman–Crippen LogP) is 2.54. The maximum Gasteiger partial charge on any atom is 0.304 e. The molecule has 0 aliphatic carbocycles. The molecule has 0 radical (unpaired) electrons. The molecule has 0 aliphatic heterocycles. The first-order valence-corrected chi connectivity index (χ1v) is 6.94. The number of pyridine rings is 1. The zero-order valence-corrected chi connectivity index (χ0v) is 11.7. The minimum Gasteiger partial charge on any atom is -0.497 e. The lowest BCUT2D eigenvalue weighted by molar-refractivity contribution is -0.355. The molecule has 19 heavy (non-hydrogen) atoms. The fraction of sp³-hybridized carbons (Fsp3) is 0.286. The van der Waals surface area contributed by atoms with Gasteiger partial charge >= 0.3 is 5.97 Å². The fourth-order valence-corrected chi connectivity index (χ4v) is 2.93. The number of aliphatic carboxylic acids is 1. The molecule has 1 aromatic carbocycles. The van der Waals surface area contributed by atoms with Gasteiger partial charge in [-0.3, -0.25) is 4.79 Å². The van der Waals surface area contributed by atoms with E-state index in [2.05, 4.69) is 4.98 Å². The maximum atomic E-state index is 10.6. The van der Waals surface area contributed by atoms with Crippen molar-refractivity contribution in [1.29, 1.82) is 0 Å². The van der Waals surface area contributed by atoms with Gasteiger partial charge in [-0.15, -0.1) is 11.8 Å². The number of thioether (sulfide) groups is 1. The number of methoxy groups -OCH3 is 1. The molecule has 2 N–H and O–H groups in total. The number of rotatable bonds is 5. The lowest BCUT2D eigenvalue weighted by atomic mass is 10.2. The van der Waals surface area contributed by atoms with Crippen molar-refractivity contribution < 1.29 is 19.6 Å². The Morgan fingerprint density at radius 1 is 1.42 bits per heavy atom. The van der Waals surface area contributed by atoms with Crippen LogP contribution in [0.5, 0.6) is 5.75 Å². The van der Waals surface area contributed by atoms with Crippen LogP contribution in [-0.4, -0.2) is 23.9 Å². The number of H-pyrrole nitrogens is 1. The first-order valence-electron chi connectivity index (χ1n) is 5.95. The standard InChI is InChI=1S/C14H15NO3S/c1-9-7-13(19-6-5-14(16)17)11-8-10(18-2)3-4-12(11)15-9/h3-4,7-8H,5-6H2,1-2H3,(H,16,17)/p+1. The Balaban J connectivity index is 2.36. The summed E-state index contributed by atoms with van der Waals surface area (Å²) < 4.78 is 5.23. The van der Waals surface area contributed by atoms with E-state index >= 15 is 0 Å². The van der Waals surface area contributed by atoms with Gasteiger partial charge in [0.05, 0.1) is 18.9 Å². The third-order valence-electron chi connectivity index (χ3n) is 2.75. The Hall–Kier alpha value is -1.75. The lowest BCUT2D eigenvalue weighted by Gasteiger charge is -2.05. The van der Waals surface area contributed by atoms with Crippen LogP contribution in [0.3, 0.4) is 0 Å². The van der Waals surface area contributed by atoms with E-state index in [1.54, 1.807) is 18.9 Å². The van der Waals surface area contributed by atoms with Gasteiger partial charge in [-0.05, 0) is 12.1 Å². The van der Waals surface area contributed by atoms with Crippen molar-refractivity contribution in [1.82, 2.24) is 0 Å². The summed E-state index contributed by atoms with van der Waals surface area (Å²) >= 11 is 1.56. The summed E-state index contributed by atoms with van der Waals surface area (Å²) in [6, 6.07) is 7.88. The van der Waals surface area contributed by atoms with Crippen LogP contribution in [0.25, 0.3) is 10.9 Å². The number of carboxylic acids is 1. The number of fused-ring (bicyclic) bond motifs is 1. The van der Waals surface area contributed by atoms with Gasteiger partial charge in [-0.1, -0.05) is 0 Å². The summed E-state index contributed by atoms with van der Waals surface area (Å²) in [7, 11) is 1.64. The highest BCUT2D eigenvalue weighted by Gasteiger charge is 2.11. The van der Waals surface area contributed by atoms with E-state index in [1.165, 1.54) is 0 Å². The molecule has 0 atom stereocenters. The molecule has 2 rings (SSSR count). The molecule has 0 bridgehead atoms. The van der Waals surface area contributed by atoms with Crippen LogP contribution in [-0.2, 0) is 4.79 Å². The Morgan fingerprint density at radius 3 is 2.89 bits per heavy atom. The normalized spacial score (nSPS) is 10.6. The number of aromatic nitrogens is 1. The average molecular weight is 278 g/mol. The first kappa shape index (κ1) is 13.7. The zero-order valence-electron chi connectivity index (χ0n) is 10.9. The summed E-state index contributed by atoms with van der Waals surface area (Å²) in [6.07, 6.45) is 0.161. The molecule has 100 valence electrons. The van der Waals surface area contributed by atoms with Gasteiger partial charge in [-0.2, -0.15) is 0 Å². The molecule has 2 aromatic rings. The van der Waals surface area contributed by atoms with E-state index < -0.39 is 5.97 Å². The van der Waals surface area contributed by atoms with Crippen molar-refractivity contribution in [3.05, 3.63) is 30.0 Å². The highest BCUT2D eigenvalue weighted by atomic mass is 32.2. The number of hydrogen-bond acceptors (Lipinski definition) is 3. The van der Waals surface area contributed by atoms with Gasteiger partial charge in [0.25, 0.3) is 0 Å². The second kappa shape index (κ2) is 5.93. The molecule has 0 aliphatic rings. The molecule has 0 amide bonds. The minimum absolute atomic E-state index is 0.161. The van der Waals surface area contributed by atoms with Gasteiger partial charge in [-0.25, -0.2) is 4.98 Å². The summed E-state index contributed by atoms with van der Waals surface area (Å²) in [5.74, 6) is 0.587. The third-order valence-corrected chi connectivity index (χ3v) is 3.80. The van der Waals surface area contributed by atoms with E-state index in [4.69, 9.17) is 9.84 Å². The van der Waals surface area contributed by atoms with Crippen molar-refractivity contribution in [2.24, 2.45) is 0 Å². The number of aryl methyl sites for hydroxylation is 1. The molecule has 5 heteroatoms. The quantitative estimate of drug-likeness (QED) is 0.854. The number of nitrogens with one attached hydrogen (secondary N) is 1. The van der Waals surface area contributed by atoms with Crippen molar-refractivity contribution in [2.45, 2.75) is 18.2 Å². The molecule has 0 saturated heterocycles. The molecule has 0 unspecified atom stereocenters. The Bertz CT molecular complexity index is 613. The Kier molecular flexibility index (Phi) is 4.27. The summed E-state index contributed by atoms with van der Waals surface area (Å²) in [5, 5.41) is 9.76. The average Bonchev–Trinajstić information content (AvgIpc) is 2.37. The van der Waals surface area contributed by atoms with E-state index in [9.17, 15) is 4.79 Å². The molecule has 0 fully saturated rings. The highest BCUT2D eigenvalue weighted by molar-refractivity contribution is 7.99. The summed E-state index contributed by atoms with van der Waals surface area (Å²) in [5.41, 5.74) is 2.08. The van der Waals surface area contributed by atoms with Crippen LogP contribution in [0.2, 0.25) is 0 Å². The maximum absolute atomic E-state index is 10.6. The van der Waals surface area contributed by atoms with Gasteiger partial charge in [0.15, 0.2) is 5.69 Å². The molecule has 1 heterocycles. The van der Waals surface area contributed by atoms with Gasteiger partial charge < -0.3 is 9.84 Å². The monoisotopic (exact) mass is 278 g/mol. The number of hydrogen-bond donors (Lipinski definition) is 1. The van der Waals surface area contributed by atoms with Crippen LogP contribution in [0.1, 0.15) is 12.1 Å². The van der Waals surface area contributed by atoms with Gasteiger partial charge in [0, 0.05) is 29.7 Å². The molecular weight excluding hydrogens is 262 g/mol. The van der Waals surface area contributed by atoms with Crippen LogP contribution in [0, 0.1) is 6.92 Å². The van der Waals surface area contributed by atoms with Gasteiger partial charge in [0.2, 0.25) is 5.52 Å². The second-order valence-corrected chi connectivity index (χ2v) is 5.36. The van der Waals surface area contributed by atoms with Crippen LogP contribution < -0.4 is 9.72 Å². The van der Waals surface area contributed by atoms with E-state index in [-0.39, 0.29) is 6.42 Å². The summed E-state index contributed by atoms with van der Waals surface area (Å²) in [6.45, 7) is 1.99. The first-order chi connectivity index (χ1) is 9.10. The van der Waals surface area contributed by atoms with Crippen molar-refractivity contribution in [3.63, 3.8) is 0 Å². The molecule has 0 spiro atoms. The number of aromatic amines is 1. The van der Waals surface area contributed by atoms with Crippen LogP contribution >= 0.6 is 11.8 Å². The number of ether oxygens (including phenoxy) is 1. The predicted molar refractivity (Wildman–Crippen MR) is 74.8 cm³/mol. The number of carbonyl (C=O) groups is 1. The second-order valence-electron chi connectivity index (χ2n) is 4.22. The van der Waals surface area contributed by atoms with Crippen molar-refractivity contribution >= 4 is 28.6 Å². The molecule has 0 saturated carbocycles. The third kappa shape index (κ3) is 3.38. The van der Waals surface area contributed by atoms with Crippen LogP contribution in [0.15, 0.2) is 29.2 Å². The van der Waals surface area contributed by atoms with E-state index in [0.29, 0.717) is 5.75 Å². The van der Waals surface area contributed by atoms with Crippen molar-refractivity contribution in [3.8, 4) is 5.75 Å². The smallest absolute Gasteiger partial charge is 0.304 e. The molecular formula is C14H16NO3S+. The molecule has 4 nitrogen and oxygen atoms in total. The topological polar surface area (TPSA) is 60.7 Å². The Morgan fingerprint density at radius 2 is 2.21 bits per heavy atom. The van der Waals surface area contributed by atoms with Crippen LogP contribution in [0.4, 0.5) is 0 Å². The minimum atomic E-state index is -0.770. The Labute approximate surface area is 115 Å². The van der Waals surface area contributed by atoms with E-state index in [1.807, 2.05) is 31.2 Å².